The van der Waals surface area contributed by atoms with Gasteiger partial charge in [0.2, 0.25) is 5.91 Å². The van der Waals surface area contributed by atoms with Gasteiger partial charge in [0.1, 0.15) is 12.1 Å². The normalized spacial score (nSPS) is 33.2. The molecule has 7 nitrogen and oxygen atoms in total. The lowest BCUT2D eigenvalue weighted by Gasteiger charge is -2.38. The maximum atomic E-state index is 13.1. The number of amides is 4. The van der Waals surface area contributed by atoms with E-state index in [1.165, 1.54) is 17.7 Å². The first kappa shape index (κ1) is 22.6. The second-order valence-electron chi connectivity index (χ2n) is 10.6. The van der Waals surface area contributed by atoms with E-state index < -0.39 is 5.54 Å². The van der Waals surface area contributed by atoms with Gasteiger partial charge in [0, 0.05) is 19.6 Å². The highest BCUT2D eigenvalue weighted by Crippen LogP contribution is 2.37. The quantitative estimate of drug-likeness (QED) is 0.678. The average molecular weight is 433 g/mol. The van der Waals surface area contributed by atoms with Crippen molar-refractivity contribution in [3.8, 4) is 0 Å². The smallest absolute Gasteiger partial charge is 0.325 e. The third-order valence-corrected chi connectivity index (χ3v) is 8.34. The summed E-state index contributed by atoms with van der Waals surface area (Å²) >= 11 is 0. The third kappa shape index (κ3) is 4.91. The van der Waals surface area contributed by atoms with Crippen LogP contribution >= 0.6 is 0 Å². The summed E-state index contributed by atoms with van der Waals surface area (Å²) < 4.78 is 0. The van der Waals surface area contributed by atoms with E-state index in [1.807, 2.05) is 4.90 Å². The predicted octanol–water partition coefficient (Wildman–Crippen LogP) is 2.85. The van der Waals surface area contributed by atoms with Gasteiger partial charge in [0.15, 0.2) is 0 Å². The molecule has 0 aromatic rings. The zero-order valence-electron chi connectivity index (χ0n) is 19.4. The van der Waals surface area contributed by atoms with Crippen LogP contribution in [0.5, 0.6) is 0 Å². The number of carbonyl (C=O) groups excluding carboxylic acids is 3. The fourth-order valence-corrected chi connectivity index (χ4v) is 6.02. The lowest BCUT2D eigenvalue weighted by atomic mass is 9.75. The molecule has 31 heavy (non-hydrogen) atoms. The van der Waals surface area contributed by atoms with Crippen LogP contribution in [0, 0.1) is 17.8 Å². The van der Waals surface area contributed by atoms with Gasteiger partial charge in [-0.2, -0.15) is 0 Å². The number of hydrogen-bond acceptors (Lipinski definition) is 4. The van der Waals surface area contributed by atoms with Gasteiger partial charge >= 0.3 is 6.03 Å². The summed E-state index contributed by atoms with van der Waals surface area (Å²) in [6, 6.07) is -0.385. The van der Waals surface area contributed by atoms with Crippen molar-refractivity contribution in [3.63, 3.8) is 0 Å². The van der Waals surface area contributed by atoms with Crippen LogP contribution in [0.15, 0.2) is 0 Å². The Labute approximate surface area is 186 Å². The summed E-state index contributed by atoms with van der Waals surface area (Å²) in [6.07, 6.45) is 9.13. The Morgan fingerprint density at radius 3 is 2.42 bits per heavy atom. The first-order valence-electron chi connectivity index (χ1n) is 12.5. The number of nitrogens with zero attached hydrogens (tertiary/aromatic N) is 3. The van der Waals surface area contributed by atoms with Crippen LogP contribution in [-0.4, -0.2) is 77.4 Å². The maximum absolute atomic E-state index is 13.1. The zero-order valence-corrected chi connectivity index (χ0v) is 19.4. The van der Waals surface area contributed by atoms with Crippen LogP contribution in [0.1, 0.15) is 71.6 Å². The summed E-state index contributed by atoms with van der Waals surface area (Å²) in [5, 5.41) is 2.95. The highest BCUT2D eigenvalue weighted by Gasteiger charge is 2.52. The van der Waals surface area contributed by atoms with Crippen molar-refractivity contribution in [1.29, 1.82) is 0 Å². The zero-order chi connectivity index (χ0) is 22.0. The largest absolute Gasteiger partial charge is 0.341 e. The molecule has 1 aliphatic carbocycles. The molecule has 4 amide bonds. The molecule has 3 heterocycles. The standard InChI is InChI=1S/C24H40N4O3/c1-3-19-6-10-24(11-7-19)22(30)28(23(31)25-24)17-21(29)27-12-4-5-20(16-27)15-26-13-8-18(2)9-14-26/h18-20H,3-17H2,1-2H3,(H,25,31). The Bertz CT molecular complexity index is 680. The number of hydrogen-bond donors (Lipinski definition) is 1. The molecule has 1 spiro atoms. The van der Waals surface area contributed by atoms with Gasteiger partial charge in [0.25, 0.3) is 5.91 Å². The molecule has 1 N–H and O–H groups in total. The number of piperidine rings is 2. The van der Waals surface area contributed by atoms with Gasteiger partial charge in [-0.15, -0.1) is 0 Å². The Hall–Kier alpha value is -1.63. The maximum Gasteiger partial charge on any atom is 0.325 e. The van der Waals surface area contributed by atoms with Crippen molar-refractivity contribution in [2.75, 3.05) is 39.3 Å². The molecule has 3 aliphatic heterocycles. The van der Waals surface area contributed by atoms with Gasteiger partial charge in [-0.25, -0.2) is 4.79 Å². The van der Waals surface area contributed by atoms with Crippen LogP contribution < -0.4 is 5.32 Å². The first-order chi connectivity index (χ1) is 14.9. The molecule has 1 unspecified atom stereocenters. The molecular weight excluding hydrogens is 392 g/mol. The molecule has 4 fully saturated rings. The van der Waals surface area contributed by atoms with Crippen LogP contribution in [0.25, 0.3) is 0 Å². The Balaban J connectivity index is 1.30. The van der Waals surface area contributed by atoms with E-state index in [2.05, 4.69) is 24.1 Å². The Morgan fingerprint density at radius 1 is 1.03 bits per heavy atom. The number of rotatable bonds is 5. The van der Waals surface area contributed by atoms with Crippen LogP contribution in [0.2, 0.25) is 0 Å². The van der Waals surface area contributed by atoms with E-state index in [1.54, 1.807) is 0 Å². The van der Waals surface area contributed by atoms with Gasteiger partial charge in [-0.3, -0.25) is 14.5 Å². The predicted molar refractivity (Wildman–Crippen MR) is 119 cm³/mol. The lowest BCUT2D eigenvalue weighted by molar-refractivity contribution is -0.140. The van der Waals surface area contributed by atoms with Crippen LogP contribution in [0.4, 0.5) is 4.79 Å². The van der Waals surface area contributed by atoms with Crippen molar-refractivity contribution < 1.29 is 14.4 Å². The summed E-state index contributed by atoms with van der Waals surface area (Å²) in [4.78, 5) is 44.4. The summed E-state index contributed by atoms with van der Waals surface area (Å²) in [7, 11) is 0. The van der Waals surface area contributed by atoms with Crippen molar-refractivity contribution in [1.82, 2.24) is 20.0 Å². The van der Waals surface area contributed by atoms with E-state index in [0.29, 0.717) is 24.7 Å². The minimum absolute atomic E-state index is 0.0836. The van der Waals surface area contributed by atoms with Crippen LogP contribution in [-0.2, 0) is 9.59 Å². The lowest BCUT2D eigenvalue weighted by Crippen LogP contribution is -2.51. The molecule has 1 saturated carbocycles. The van der Waals surface area contributed by atoms with Crippen molar-refractivity contribution in [2.45, 2.75) is 77.2 Å². The summed E-state index contributed by atoms with van der Waals surface area (Å²) in [5.74, 6) is 1.69. The highest BCUT2D eigenvalue weighted by molar-refractivity contribution is 6.09. The van der Waals surface area contributed by atoms with Crippen molar-refractivity contribution >= 4 is 17.8 Å². The second-order valence-corrected chi connectivity index (χ2v) is 10.6. The minimum Gasteiger partial charge on any atom is -0.341 e. The van der Waals surface area contributed by atoms with Crippen molar-refractivity contribution in [3.05, 3.63) is 0 Å². The SMILES string of the molecule is CCC1CCC2(CC1)NC(=O)N(CC(=O)N1CCCC(CN3CCC(C)CC3)C1)C2=O. The van der Waals surface area contributed by atoms with Crippen LogP contribution in [0.3, 0.4) is 0 Å². The molecule has 7 heteroatoms. The molecule has 4 rings (SSSR count). The Morgan fingerprint density at radius 2 is 1.74 bits per heavy atom. The van der Waals surface area contributed by atoms with Gasteiger partial charge < -0.3 is 15.1 Å². The number of imide groups is 1. The van der Waals surface area contributed by atoms with Crippen molar-refractivity contribution in [2.24, 2.45) is 17.8 Å². The average Bonchev–Trinajstić information content (AvgIpc) is 3.00. The van der Waals surface area contributed by atoms with E-state index in [4.69, 9.17) is 0 Å². The fraction of sp³-hybridized carbons (Fsp3) is 0.875. The molecule has 3 saturated heterocycles. The number of nitrogens with one attached hydrogen (secondary N) is 1. The number of likely N-dealkylation sites (tertiary alicyclic amines) is 2. The Kier molecular flexibility index (Phi) is 6.89. The molecule has 0 aromatic heterocycles. The van der Waals surface area contributed by atoms with Gasteiger partial charge in [0.05, 0.1) is 0 Å². The van der Waals surface area contributed by atoms with Gasteiger partial charge in [-0.05, 0) is 82.2 Å². The number of carbonyl (C=O) groups is 3. The second kappa shape index (κ2) is 9.47. The van der Waals surface area contributed by atoms with E-state index in [9.17, 15) is 14.4 Å². The van der Waals surface area contributed by atoms with Gasteiger partial charge in [-0.1, -0.05) is 20.3 Å². The first-order valence-corrected chi connectivity index (χ1v) is 12.5. The third-order valence-electron chi connectivity index (χ3n) is 8.34. The minimum atomic E-state index is -0.765. The monoisotopic (exact) mass is 432 g/mol. The molecule has 0 bridgehead atoms. The topological polar surface area (TPSA) is 73.0 Å². The molecule has 1 atom stereocenters. The molecule has 174 valence electrons. The van der Waals surface area contributed by atoms with E-state index in [-0.39, 0.29) is 24.4 Å². The molecule has 0 aromatic carbocycles. The highest BCUT2D eigenvalue weighted by atomic mass is 16.2. The fourth-order valence-electron chi connectivity index (χ4n) is 6.02. The summed E-state index contributed by atoms with van der Waals surface area (Å²) in [5.41, 5.74) is -0.765. The molecule has 4 aliphatic rings. The molecular formula is C24H40N4O3. The van der Waals surface area contributed by atoms with E-state index >= 15 is 0 Å². The number of urea groups is 1. The molecule has 0 radical (unpaired) electrons. The van der Waals surface area contributed by atoms with E-state index in [0.717, 1.165) is 70.7 Å². The summed E-state index contributed by atoms with van der Waals surface area (Å²) in [6.45, 7) is 9.26.